The molecule has 0 radical (unpaired) electrons. The molecule has 0 saturated carbocycles. The Morgan fingerprint density at radius 2 is 2.42 bits per heavy atom. The molecular formula is C8H15N2OS+. The van der Waals surface area contributed by atoms with E-state index in [-0.39, 0.29) is 5.54 Å². The molecule has 2 saturated heterocycles. The monoisotopic (exact) mass is 187 g/mol. The van der Waals surface area contributed by atoms with E-state index in [1.807, 2.05) is 4.90 Å². The molecule has 4 heteroatoms. The maximum atomic E-state index is 11.4. The van der Waals surface area contributed by atoms with E-state index in [4.69, 9.17) is 0 Å². The van der Waals surface area contributed by atoms with E-state index in [2.05, 4.69) is 19.2 Å². The fraction of sp³-hybridized carbons (Fsp3) is 0.875. The lowest BCUT2D eigenvalue weighted by Crippen LogP contribution is -3.01. The first-order valence-electron chi connectivity index (χ1n) is 4.37. The number of piperazine rings is 1. The molecule has 2 rings (SSSR count). The summed E-state index contributed by atoms with van der Waals surface area (Å²) in [5.41, 5.74) is 0.203. The zero-order valence-corrected chi connectivity index (χ0v) is 8.36. The van der Waals surface area contributed by atoms with Crippen LogP contribution < -0.4 is 5.32 Å². The van der Waals surface area contributed by atoms with E-state index in [0.717, 1.165) is 13.1 Å². The average molecular weight is 187 g/mol. The van der Waals surface area contributed by atoms with E-state index in [1.165, 1.54) is 0 Å². The smallest absolute Gasteiger partial charge is 0.233 e. The summed E-state index contributed by atoms with van der Waals surface area (Å²) >= 11 is 1.79. The van der Waals surface area contributed by atoms with Gasteiger partial charge < -0.3 is 10.2 Å². The Bertz CT molecular complexity index is 217. The van der Waals surface area contributed by atoms with E-state index in [1.54, 1.807) is 11.8 Å². The highest BCUT2D eigenvalue weighted by molar-refractivity contribution is 8.01. The van der Waals surface area contributed by atoms with Crippen molar-refractivity contribution in [2.45, 2.75) is 24.8 Å². The number of quaternary nitrogens is 1. The van der Waals surface area contributed by atoms with Gasteiger partial charge in [0.2, 0.25) is 5.91 Å². The molecule has 2 aliphatic heterocycles. The first-order chi connectivity index (χ1) is 5.61. The number of hydrogen-bond acceptors (Lipinski definition) is 2. The largest absolute Gasteiger partial charge is 0.338 e. The molecule has 0 aromatic carbocycles. The number of carbonyl (C=O) groups excluding carboxylic acids is 1. The second kappa shape index (κ2) is 2.64. The highest BCUT2D eigenvalue weighted by atomic mass is 32.2. The van der Waals surface area contributed by atoms with Gasteiger partial charge in [-0.3, -0.25) is 4.79 Å². The lowest BCUT2D eigenvalue weighted by atomic mass is 10.0. The van der Waals surface area contributed by atoms with Gasteiger partial charge in [0.25, 0.3) is 0 Å². The van der Waals surface area contributed by atoms with E-state index in [9.17, 15) is 4.79 Å². The molecule has 2 N–H and O–H groups in total. The van der Waals surface area contributed by atoms with Gasteiger partial charge in [0.1, 0.15) is 10.9 Å². The number of thioether (sulfide) groups is 1. The standard InChI is InChI=1S/C8H14N2OS/c1-8(2)7-10(4-3-9-8)6(11)5-12-7/h7,9H,3-5H2,1-2H3/p+1. The highest BCUT2D eigenvalue weighted by Gasteiger charge is 2.47. The molecule has 12 heavy (non-hydrogen) atoms. The summed E-state index contributed by atoms with van der Waals surface area (Å²) in [6, 6.07) is 0. The van der Waals surface area contributed by atoms with Crippen LogP contribution in [0.3, 0.4) is 0 Å². The third-order valence-corrected chi connectivity index (χ3v) is 4.24. The second-order valence-corrected chi connectivity index (χ2v) is 5.13. The fourth-order valence-corrected chi connectivity index (χ4v) is 3.38. The predicted molar refractivity (Wildman–Crippen MR) is 48.8 cm³/mol. The minimum atomic E-state index is 0.203. The molecular weight excluding hydrogens is 172 g/mol. The molecule has 2 aliphatic rings. The molecule has 1 amide bonds. The maximum absolute atomic E-state index is 11.4. The van der Waals surface area contributed by atoms with Crippen LogP contribution in [0.2, 0.25) is 0 Å². The topological polar surface area (TPSA) is 36.9 Å². The van der Waals surface area contributed by atoms with Crippen molar-refractivity contribution in [3.05, 3.63) is 0 Å². The van der Waals surface area contributed by atoms with Crippen LogP contribution in [0.4, 0.5) is 0 Å². The van der Waals surface area contributed by atoms with Crippen LogP contribution >= 0.6 is 11.8 Å². The first kappa shape index (κ1) is 8.38. The number of nitrogens with zero attached hydrogens (tertiary/aromatic N) is 1. The summed E-state index contributed by atoms with van der Waals surface area (Å²) in [5.74, 6) is 1.01. The number of amides is 1. The van der Waals surface area contributed by atoms with Gasteiger partial charge in [-0.15, -0.1) is 11.8 Å². The minimum Gasteiger partial charge on any atom is -0.338 e. The molecule has 0 aromatic rings. The van der Waals surface area contributed by atoms with Gasteiger partial charge in [0.05, 0.1) is 18.8 Å². The zero-order chi connectivity index (χ0) is 8.77. The Balaban J connectivity index is 2.21. The van der Waals surface area contributed by atoms with Gasteiger partial charge in [0, 0.05) is 0 Å². The molecule has 1 unspecified atom stereocenters. The van der Waals surface area contributed by atoms with Crippen molar-refractivity contribution in [1.29, 1.82) is 0 Å². The SMILES string of the molecule is CC1(C)[NH2+]CCN2C(=O)CSC21. The summed E-state index contributed by atoms with van der Waals surface area (Å²) in [7, 11) is 0. The molecule has 3 nitrogen and oxygen atoms in total. The van der Waals surface area contributed by atoms with Crippen LogP contribution in [-0.2, 0) is 4.79 Å². The van der Waals surface area contributed by atoms with Crippen molar-refractivity contribution in [3.8, 4) is 0 Å². The van der Waals surface area contributed by atoms with E-state index in [0.29, 0.717) is 17.0 Å². The number of carbonyl (C=O) groups is 1. The second-order valence-electron chi connectivity index (χ2n) is 4.06. The Morgan fingerprint density at radius 3 is 3.08 bits per heavy atom. The quantitative estimate of drug-likeness (QED) is 0.541. The molecule has 1 atom stereocenters. The Hall–Kier alpha value is -0.220. The highest BCUT2D eigenvalue weighted by Crippen LogP contribution is 2.31. The minimum absolute atomic E-state index is 0.203. The van der Waals surface area contributed by atoms with Gasteiger partial charge in [-0.25, -0.2) is 0 Å². The van der Waals surface area contributed by atoms with Crippen LogP contribution in [0, 0.1) is 0 Å². The van der Waals surface area contributed by atoms with Crippen LogP contribution in [-0.4, -0.2) is 40.6 Å². The lowest BCUT2D eigenvalue weighted by molar-refractivity contribution is -0.730. The lowest BCUT2D eigenvalue weighted by Gasteiger charge is -2.39. The van der Waals surface area contributed by atoms with Crippen molar-refractivity contribution in [3.63, 3.8) is 0 Å². The summed E-state index contributed by atoms with van der Waals surface area (Å²) in [6.45, 7) is 6.42. The summed E-state index contributed by atoms with van der Waals surface area (Å²) in [6.07, 6.45) is 0. The van der Waals surface area contributed by atoms with Crippen LogP contribution in [0.1, 0.15) is 13.8 Å². The van der Waals surface area contributed by atoms with Gasteiger partial charge in [-0.1, -0.05) is 0 Å². The van der Waals surface area contributed by atoms with Gasteiger partial charge >= 0.3 is 0 Å². The fourth-order valence-electron chi connectivity index (χ4n) is 1.99. The molecule has 68 valence electrons. The third-order valence-electron chi connectivity index (χ3n) is 2.65. The van der Waals surface area contributed by atoms with E-state index >= 15 is 0 Å². The number of fused-ring (bicyclic) bond motifs is 1. The number of nitrogens with two attached hydrogens (primary N) is 1. The van der Waals surface area contributed by atoms with Crippen LogP contribution in [0.5, 0.6) is 0 Å². The van der Waals surface area contributed by atoms with E-state index < -0.39 is 0 Å². The molecule has 0 aromatic heterocycles. The van der Waals surface area contributed by atoms with Crippen LogP contribution in [0.15, 0.2) is 0 Å². The van der Waals surface area contributed by atoms with Gasteiger partial charge in [-0.2, -0.15) is 0 Å². The summed E-state index contributed by atoms with van der Waals surface area (Å²) in [5, 5.41) is 2.75. The molecule has 0 bridgehead atoms. The van der Waals surface area contributed by atoms with Crippen molar-refractivity contribution < 1.29 is 10.1 Å². The molecule has 2 fully saturated rings. The normalized spacial score (nSPS) is 33.7. The first-order valence-corrected chi connectivity index (χ1v) is 5.41. The summed E-state index contributed by atoms with van der Waals surface area (Å²) in [4.78, 5) is 13.4. The maximum Gasteiger partial charge on any atom is 0.233 e. The van der Waals surface area contributed by atoms with Gasteiger partial charge in [0.15, 0.2) is 0 Å². The Morgan fingerprint density at radius 1 is 1.67 bits per heavy atom. The van der Waals surface area contributed by atoms with Gasteiger partial charge in [-0.05, 0) is 13.8 Å². The molecule has 0 spiro atoms. The van der Waals surface area contributed by atoms with Crippen molar-refractivity contribution in [2.24, 2.45) is 0 Å². The van der Waals surface area contributed by atoms with Crippen molar-refractivity contribution in [1.82, 2.24) is 4.90 Å². The molecule has 0 aliphatic carbocycles. The third kappa shape index (κ3) is 1.13. The van der Waals surface area contributed by atoms with Crippen LogP contribution in [0.25, 0.3) is 0 Å². The summed E-state index contributed by atoms with van der Waals surface area (Å²) < 4.78 is 0. The Kier molecular flexibility index (Phi) is 1.84. The number of rotatable bonds is 0. The zero-order valence-electron chi connectivity index (χ0n) is 7.54. The van der Waals surface area contributed by atoms with Crippen molar-refractivity contribution >= 4 is 17.7 Å². The predicted octanol–water partition coefficient (Wildman–Crippen LogP) is -0.756. The Labute approximate surface area is 76.9 Å². The number of hydrogen-bond donors (Lipinski definition) is 1. The average Bonchev–Trinajstić information content (AvgIpc) is 2.33. The van der Waals surface area contributed by atoms with Crippen molar-refractivity contribution in [2.75, 3.05) is 18.8 Å². The molecule has 2 heterocycles.